The first-order valence-electron chi connectivity index (χ1n) is 3.75. The number of halogens is 1. The molecular formula is C9H12FNO. The van der Waals surface area contributed by atoms with Crippen LogP contribution in [0.15, 0.2) is 18.2 Å². The molecule has 0 unspecified atom stereocenters. The minimum absolute atomic E-state index is 0.287. The number of hydrogen-bond donors (Lipinski definition) is 1. The number of rotatable bonds is 3. The molecule has 0 fully saturated rings. The van der Waals surface area contributed by atoms with Crippen molar-refractivity contribution in [3.05, 3.63) is 29.6 Å². The third-order valence-electron chi connectivity index (χ3n) is 1.60. The molecule has 1 aromatic rings. The van der Waals surface area contributed by atoms with E-state index in [9.17, 15) is 4.39 Å². The number of hydrogen-bond acceptors (Lipinski definition) is 2. The van der Waals surface area contributed by atoms with E-state index in [-0.39, 0.29) is 11.6 Å². The molecule has 0 saturated heterocycles. The predicted molar refractivity (Wildman–Crippen MR) is 45.7 cm³/mol. The average Bonchev–Trinajstić information content (AvgIpc) is 2.05. The van der Waals surface area contributed by atoms with Gasteiger partial charge in [0.2, 0.25) is 0 Å². The molecular weight excluding hydrogens is 157 g/mol. The van der Waals surface area contributed by atoms with Crippen molar-refractivity contribution < 1.29 is 9.13 Å². The van der Waals surface area contributed by atoms with E-state index in [1.165, 1.54) is 13.2 Å². The molecule has 1 N–H and O–H groups in total. The molecule has 0 atom stereocenters. The lowest BCUT2D eigenvalue weighted by Gasteiger charge is -2.03. The van der Waals surface area contributed by atoms with Gasteiger partial charge in [-0.2, -0.15) is 0 Å². The minimum Gasteiger partial charge on any atom is -0.494 e. The van der Waals surface area contributed by atoms with Crippen molar-refractivity contribution in [3.8, 4) is 5.75 Å². The third-order valence-corrected chi connectivity index (χ3v) is 1.60. The summed E-state index contributed by atoms with van der Waals surface area (Å²) in [6.45, 7) is 0.668. The lowest BCUT2D eigenvalue weighted by molar-refractivity contribution is 0.386. The fourth-order valence-corrected chi connectivity index (χ4v) is 1.02. The summed E-state index contributed by atoms with van der Waals surface area (Å²) < 4.78 is 17.8. The van der Waals surface area contributed by atoms with E-state index in [0.29, 0.717) is 6.54 Å². The molecule has 66 valence electrons. The molecule has 0 heterocycles. The van der Waals surface area contributed by atoms with Gasteiger partial charge in [-0.25, -0.2) is 4.39 Å². The monoisotopic (exact) mass is 169 g/mol. The molecule has 3 heteroatoms. The normalized spacial score (nSPS) is 9.92. The van der Waals surface area contributed by atoms with Crippen LogP contribution in [0.3, 0.4) is 0 Å². The van der Waals surface area contributed by atoms with Gasteiger partial charge in [-0.05, 0) is 24.7 Å². The molecule has 0 aromatic heterocycles. The lowest BCUT2D eigenvalue weighted by atomic mass is 10.2. The zero-order valence-electron chi connectivity index (χ0n) is 7.23. The summed E-state index contributed by atoms with van der Waals surface area (Å²) in [6.07, 6.45) is 0. The Bertz CT molecular complexity index is 263. The standard InChI is InChI=1S/C9H12FNO/c1-11-6-7-3-4-9(12-2)8(10)5-7/h3-5,11H,6H2,1-2H3. The van der Waals surface area contributed by atoms with Crippen LogP contribution in [0.5, 0.6) is 5.75 Å². The molecule has 2 nitrogen and oxygen atoms in total. The first-order chi connectivity index (χ1) is 5.77. The quantitative estimate of drug-likeness (QED) is 0.741. The molecule has 0 bridgehead atoms. The van der Waals surface area contributed by atoms with Gasteiger partial charge in [0.25, 0.3) is 0 Å². The Labute approximate surface area is 71.4 Å². The van der Waals surface area contributed by atoms with E-state index in [0.717, 1.165) is 5.56 Å². The van der Waals surface area contributed by atoms with Crippen molar-refractivity contribution in [3.63, 3.8) is 0 Å². The maximum atomic E-state index is 13.0. The van der Waals surface area contributed by atoms with Crippen molar-refractivity contribution in [2.45, 2.75) is 6.54 Å². The highest BCUT2D eigenvalue weighted by atomic mass is 19.1. The molecule has 0 amide bonds. The Morgan fingerprint density at radius 2 is 2.25 bits per heavy atom. The Kier molecular flexibility index (Phi) is 3.05. The summed E-state index contributed by atoms with van der Waals surface area (Å²) in [6, 6.07) is 4.93. The van der Waals surface area contributed by atoms with Crippen LogP contribution in [0, 0.1) is 5.82 Å². The summed E-state index contributed by atoms with van der Waals surface area (Å²) in [4.78, 5) is 0. The highest BCUT2D eigenvalue weighted by molar-refractivity contribution is 5.29. The van der Waals surface area contributed by atoms with Gasteiger partial charge in [-0.3, -0.25) is 0 Å². The molecule has 0 aliphatic carbocycles. The first-order valence-corrected chi connectivity index (χ1v) is 3.75. The van der Waals surface area contributed by atoms with Crippen LogP contribution < -0.4 is 10.1 Å². The number of ether oxygens (including phenoxy) is 1. The van der Waals surface area contributed by atoms with E-state index >= 15 is 0 Å². The van der Waals surface area contributed by atoms with Crippen LogP contribution in [0.4, 0.5) is 4.39 Å². The summed E-state index contributed by atoms with van der Waals surface area (Å²) in [5, 5.41) is 2.94. The van der Waals surface area contributed by atoms with Crippen molar-refractivity contribution in [2.75, 3.05) is 14.2 Å². The molecule has 12 heavy (non-hydrogen) atoms. The number of methoxy groups -OCH3 is 1. The summed E-state index contributed by atoms with van der Waals surface area (Å²) in [5.41, 5.74) is 0.913. The van der Waals surface area contributed by atoms with Gasteiger partial charge in [-0.15, -0.1) is 0 Å². The van der Waals surface area contributed by atoms with Crippen molar-refractivity contribution >= 4 is 0 Å². The van der Waals surface area contributed by atoms with Gasteiger partial charge in [0.1, 0.15) is 0 Å². The smallest absolute Gasteiger partial charge is 0.165 e. The highest BCUT2D eigenvalue weighted by Gasteiger charge is 2.01. The van der Waals surface area contributed by atoms with Crippen LogP contribution in [0.1, 0.15) is 5.56 Å². The van der Waals surface area contributed by atoms with Gasteiger partial charge in [-0.1, -0.05) is 6.07 Å². The van der Waals surface area contributed by atoms with Gasteiger partial charge < -0.3 is 10.1 Å². The second-order valence-corrected chi connectivity index (χ2v) is 2.50. The summed E-state index contributed by atoms with van der Waals surface area (Å²) >= 11 is 0. The van der Waals surface area contributed by atoms with Gasteiger partial charge in [0.15, 0.2) is 11.6 Å². The largest absolute Gasteiger partial charge is 0.494 e. The molecule has 0 saturated carbocycles. The van der Waals surface area contributed by atoms with E-state index < -0.39 is 0 Å². The summed E-state index contributed by atoms with van der Waals surface area (Å²) in [7, 11) is 3.28. The average molecular weight is 169 g/mol. The maximum absolute atomic E-state index is 13.0. The van der Waals surface area contributed by atoms with Crippen LogP contribution in [0.25, 0.3) is 0 Å². The highest BCUT2D eigenvalue weighted by Crippen LogP contribution is 2.17. The topological polar surface area (TPSA) is 21.3 Å². The fraction of sp³-hybridized carbons (Fsp3) is 0.333. The second-order valence-electron chi connectivity index (χ2n) is 2.50. The van der Waals surface area contributed by atoms with Crippen LogP contribution in [0.2, 0.25) is 0 Å². The Morgan fingerprint density at radius 3 is 2.75 bits per heavy atom. The zero-order valence-corrected chi connectivity index (χ0v) is 7.23. The lowest BCUT2D eigenvalue weighted by Crippen LogP contribution is -2.05. The van der Waals surface area contributed by atoms with E-state index in [1.54, 1.807) is 6.07 Å². The van der Waals surface area contributed by atoms with Crippen molar-refractivity contribution in [2.24, 2.45) is 0 Å². The van der Waals surface area contributed by atoms with E-state index in [2.05, 4.69) is 5.32 Å². The van der Waals surface area contributed by atoms with Crippen LogP contribution >= 0.6 is 0 Å². The number of benzene rings is 1. The van der Waals surface area contributed by atoms with E-state index in [4.69, 9.17) is 4.74 Å². The first kappa shape index (κ1) is 9.00. The van der Waals surface area contributed by atoms with E-state index in [1.807, 2.05) is 13.1 Å². The molecule has 0 aliphatic rings. The fourth-order valence-electron chi connectivity index (χ4n) is 1.02. The molecule has 1 aromatic carbocycles. The SMILES string of the molecule is CNCc1ccc(OC)c(F)c1. The Hall–Kier alpha value is -1.09. The molecule has 0 aliphatic heterocycles. The predicted octanol–water partition coefficient (Wildman–Crippen LogP) is 1.55. The third kappa shape index (κ3) is 1.95. The van der Waals surface area contributed by atoms with Gasteiger partial charge >= 0.3 is 0 Å². The molecule has 0 spiro atoms. The van der Waals surface area contributed by atoms with Gasteiger partial charge in [0.05, 0.1) is 7.11 Å². The minimum atomic E-state index is -0.315. The Balaban J connectivity index is 2.86. The molecule has 0 radical (unpaired) electrons. The number of nitrogens with one attached hydrogen (secondary N) is 1. The van der Waals surface area contributed by atoms with Crippen LogP contribution in [-0.4, -0.2) is 14.2 Å². The zero-order chi connectivity index (χ0) is 8.97. The molecule has 1 rings (SSSR count). The Morgan fingerprint density at radius 1 is 1.50 bits per heavy atom. The second kappa shape index (κ2) is 4.07. The summed E-state index contributed by atoms with van der Waals surface area (Å²) in [5.74, 6) is -0.0277. The van der Waals surface area contributed by atoms with Crippen LogP contribution in [-0.2, 0) is 6.54 Å². The van der Waals surface area contributed by atoms with Gasteiger partial charge in [0, 0.05) is 6.54 Å². The van der Waals surface area contributed by atoms with Crippen molar-refractivity contribution in [1.82, 2.24) is 5.32 Å². The maximum Gasteiger partial charge on any atom is 0.165 e. The van der Waals surface area contributed by atoms with Crippen molar-refractivity contribution in [1.29, 1.82) is 0 Å².